The maximum atomic E-state index is 13.1. The van der Waals surface area contributed by atoms with Crippen LogP contribution in [0.2, 0.25) is 0 Å². The van der Waals surface area contributed by atoms with E-state index >= 15 is 0 Å². The minimum atomic E-state index is -0.286. The molecule has 0 spiro atoms. The highest BCUT2D eigenvalue weighted by atomic mass is 32.2. The van der Waals surface area contributed by atoms with Crippen LogP contribution in [0.4, 0.5) is 9.52 Å². The molecule has 1 amide bonds. The van der Waals surface area contributed by atoms with Gasteiger partial charge in [-0.3, -0.25) is 14.4 Å². The molecule has 0 fully saturated rings. The van der Waals surface area contributed by atoms with E-state index in [1.54, 1.807) is 27.9 Å². The lowest BCUT2D eigenvalue weighted by atomic mass is 10.3. The van der Waals surface area contributed by atoms with Gasteiger partial charge in [-0.2, -0.15) is 5.10 Å². The predicted octanol–water partition coefficient (Wildman–Crippen LogP) is 4.46. The first kappa shape index (κ1) is 18.6. The molecule has 142 valence electrons. The SMILES string of the molecule is O=C(CSc1ccc(F)cc1)N(CCn1cccn1)c1nc2ccccc2s1. The van der Waals surface area contributed by atoms with Crippen molar-refractivity contribution in [2.75, 3.05) is 17.2 Å². The number of anilines is 1. The van der Waals surface area contributed by atoms with E-state index in [1.807, 2.05) is 36.5 Å². The first-order valence-corrected chi connectivity index (χ1v) is 10.5. The van der Waals surface area contributed by atoms with E-state index in [9.17, 15) is 9.18 Å². The van der Waals surface area contributed by atoms with Crippen LogP contribution in [0.25, 0.3) is 10.2 Å². The average molecular weight is 413 g/mol. The number of rotatable bonds is 7. The number of thioether (sulfide) groups is 1. The maximum absolute atomic E-state index is 13.1. The van der Waals surface area contributed by atoms with Crippen LogP contribution in [0.15, 0.2) is 71.9 Å². The minimum absolute atomic E-state index is 0.0412. The number of para-hydroxylation sites is 1. The second-order valence-electron chi connectivity index (χ2n) is 6.02. The second kappa shape index (κ2) is 8.53. The van der Waals surface area contributed by atoms with Gasteiger partial charge in [0.1, 0.15) is 5.82 Å². The summed E-state index contributed by atoms with van der Waals surface area (Å²) in [5.41, 5.74) is 0.880. The Kier molecular flexibility index (Phi) is 5.68. The highest BCUT2D eigenvalue weighted by Gasteiger charge is 2.20. The highest BCUT2D eigenvalue weighted by molar-refractivity contribution is 8.00. The van der Waals surface area contributed by atoms with Crippen LogP contribution in [0.5, 0.6) is 0 Å². The summed E-state index contributed by atoms with van der Waals surface area (Å²) < 4.78 is 15.9. The van der Waals surface area contributed by atoms with Gasteiger partial charge in [0.15, 0.2) is 5.13 Å². The molecule has 2 heterocycles. The van der Waals surface area contributed by atoms with E-state index in [1.165, 1.54) is 35.2 Å². The quantitative estimate of drug-likeness (QED) is 0.421. The third-order valence-electron chi connectivity index (χ3n) is 4.10. The molecule has 0 aliphatic carbocycles. The number of benzene rings is 2. The van der Waals surface area contributed by atoms with E-state index < -0.39 is 0 Å². The number of hydrogen-bond acceptors (Lipinski definition) is 5. The van der Waals surface area contributed by atoms with Crippen molar-refractivity contribution in [3.8, 4) is 0 Å². The number of carbonyl (C=O) groups excluding carboxylic acids is 1. The van der Waals surface area contributed by atoms with Gasteiger partial charge in [-0.15, -0.1) is 11.8 Å². The molecule has 4 rings (SSSR count). The summed E-state index contributed by atoms with van der Waals surface area (Å²) in [6.07, 6.45) is 3.59. The molecule has 8 heteroatoms. The largest absolute Gasteiger partial charge is 0.285 e. The molecule has 0 saturated carbocycles. The molecule has 0 aliphatic rings. The third kappa shape index (κ3) is 4.40. The summed E-state index contributed by atoms with van der Waals surface area (Å²) in [6.45, 7) is 1.06. The van der Waals surface area contributed by atoms with E-state index in [0.717, 1.165) is 15.1 Å². The highest BCUT2D eigenvalue weighted by Crippen LogP contribution is 2.29. The lowest BCUT2D eigenvalue weighted by Crippen LogP contribution is -2.35. The number of amides is 1. The number of hydrogen-bond donors (Lipinski definition) is 0. The number of thiazole rings is 1. The molecule has 0 aliphatic heterocycles. The summed E-state index contributed by atoms with van der Waals surface area (Å²) in [5, 5.41) is 4.89. The van der Waals surface area contributed by atoms with Gasteiger partial charge in [0.05, 0.1) is 22.5 Å². The fourth-order valence-corrected chi connectivity index (χ4v) is 4.47. The van der Waals surface area contributed by atoms with Gasteiger partial charge in [0.25, 0.3) is 0 Å². The summed E-state index contributed by atoms with van der Waals surface area (Å²) >= 11 is 2.89. The van der Waals surface area contributed by atoms with Gasteiger partial charge in [-0.1, -0.05) is 23.5 Å². The van der Waals surface area contributed by atoms with Gasteiger partial charge in [-0.05, 0) is 42.5 Å². The molecule has 4 aromatic rings. The van der Waals surface area contributed by atoms with Gasteiger partial charge in [-0.25, -0.2) is 9.37 Å². The summed E-state index contributed by atoms with van der Waals surface area (Å²) in [4.78, 5) is 20.2. The van der Waals surface area contributed by atoms with Crippen LogP contribution in [-0.2, 0) is 11.3 Å². The topological polar surface area (TPSA) is 51.0 Å². The van der Waals surface area contributed by atoms with Crippen LogP contribution in [0.3, 0.4) is 0 Å². The van der Waals surface area contributed by atoms with E-state index in [-0.39, 0.29) is 17.5 Å². The standard InChI is InChI=1S/C20H17FN4OS2/c21-15-6-8-16(9-7-15)27-14-19(26)25(13-12-24-11-3-10-22-24)20-23-17-4-1-2-5-18(17)28-20/h1-11H,12-14H2. The van der Waals surface area contributed by atoms with Crippen LogP contribution < -0.4 is 4.90 Å². The Morgan fingerprint density at radius 3 is 2.71 bits per heavy atom. The fraction of sp³-hybridized carbons (Fsp3) is 0.150. The van der Waals surface area contributed by atoms with Gasteiger partial charge in [0, 0.05) is 23.8 Å². The number of fused-ring (bicyclic) bond motifs is 1. The van der Waals surface area contributed by atoms with Gasteiger partial charge in [0.2, 0.25) is 5.91 Å². The van der Waals surface area contributed by atoms with Crippen molar-refractivity contribution in [2.24, 2.45) is 0 Å². The molecular weight excluding hydrogens is 395 g/mol. The first-order valence-electron chi connectivity index (χ1n) is 8.71. The Bertz CT molecular complexity index is 1030. The third-order valence-corrected chi connectivity index (χ3v) is 6.16. The van der Waals surface area contributed by atoms with Crippen LogP contribution >= 0.6 is 23.1 Å². The van der Waals surface area contributed by atoms with Crippen LogP contribution in [0.1, 0.15) is 0 Å². The van der Waals surface area contributed by atoms with Crippen LogP contribution in [0, 0.1) is 5.82 Å². The van der Waals surface area contributed by atoms with Crippen molar-refractivity contribution in [1.29, 1.82) is 0 Å². The molecule has 0 saturated heterocycles. The van der Waals surface area contributed by atoms with Crippen molar-refractivity contribution in [3.05, 3.63) is 72.8 Å². The smallest absolute Gasteiger partial charge is 0.239 e. The van der Waals surface area contributed by atoms with Crippen LogP contribution in [-0.4, -0.2) is 33.0 Å². The number of nitrogens with zero attached hydrogens (tertiary/aromatic N) is 4. The lowest BCUT2D eigenvalue weighted by Gasteiger charge is -2.19. The predicted molar refractivity (Wildman–Crippen MR) is 111 cm³/mol. The zero-order valence-corrected chi connectivity index (χ0v) is 16.5. The Hall–Kier alpha value is -2.71. The Morgan fingerprint density at radius 2 is 1.96 bits per heavy atom. The van der Waals surface area contributed by atoms with Crippen molar-refractivity contribution < 1.29 is 9.18 Å². The van der Waals surface area contributed by atoms with Gasteiger partial charge < -0.3 is 0 Å². The summed E-state index contributed by atoms with van der Waals surface area (Å²) in [6, 6.07) is 15.9. The number of carbonyl (C=O) groups is 1. The molecule has 0 radical (unpaired) electrons. The molecule has 28 heavy (non-hydrogen) atoms. The summed E-state index contributed by atoms with van der Waals surface area (Å²) in [7, 11) is 0. The van der Waals surface area contributed by atoms with Crippen molar-refractivity contribution in [3.63, 3.8) is 0 Å². The monoisotopic (exact) mass is 412 g/mol. The van der Waals surface area contributed by atoms with E-state index in [4.69, 9.17) is 0 Å². The number of halogens is 1. The van der Waals surface area contributed by atoms with Gasteiger partial charge >= 0.3 is 0 Å². The zero-order chi connectivity index (χ0) is 19.3. The Labute approximate surface area is 169 Å². The van der Waals surface area contributed by atoms with Crippen molar-refractivity contribution >= 4 is 44.4 Å². The minimum Gasteiger partial charge on any atom is -0.285 e. The molecule has 0 N–H and O–H groups in total. The molecule has 0 unspecified atom stereocenters. The normalized spacial score (nSPS) is 11.0. The molecular formula is C20H17FN4OS2. The second-order valence-corrected chi connectivity index (χ2v) is 8.08. The molecule has 2 aromatic heterocycles. The van der Waals surface area contributed by atoms with E-state index in [0.29, 0.717) is 18.2 Å². The fourth-order valence-electron chi connectivity index (χ4n) is 2.69. The lowest BCUT2D eigenvalue weighted by molar-refractivity contribution is -0.116. The Balaban J connectivity index is 1.52. The Morgan fingerprint density at radius 1 is 1.14 bits per heavy atom. The number of aromatic nitrogens is 3. The molecule has 2 aromatic carbocycles. The molecule has 0 bridgehead atoms. The first-order chi connectivity index (χ1) is 13.7. The molecule has 5 nitrogen and oxygen atoms in total. The van der Waals surface area contributed by atoms with Crippen molar-refractivity contribution in [1.82, 2.24) is 14.8 Å². The maximum Gasteiger partial charge on any atom is 0.239 e. The van der Waals surface area contributed by atoms with Crippen molar-refractivity contribution in [2.45, 2.75) is 11.4 Å². The molecule has 0 atom stereocenters. The zero-order valence-electron chi connectivity index (χ0n) is 14.9. The summed E-state index contributed by atoms with van der Waals surface area (Å²) in [5.74, 6) is -0.0766. The average Bonchev–Trinajstić information content (AvgIpc) is 3.37. The van der Waals surface area contributed by atoms with E-state index in [2.05, 4.69) is 10.1 Å².